The number of anilines is 1. The van der Waals surface area contributed by atoms with Crippen molar-refractivity contribution in [2.75, 3.05) is 19.5 Å². The molecule has 1 amide bonds. The molecule has 0 fully saturated rings. The molecular weight excluding hydrogens is 413 g/mol. The third-order valence-corrected chi connectivity index (χ3v) is 5.00. The van der Waals surface area contributed by atoms with Crippen LogP contribution < -0.4 is 20.3 Å². The van der Waals surface area contributed by atoms with Crippen LogP contribution in [-0.2, 0) is 6.54 Å². The van der Waals surface area contributed by atoms with Crippen molar-refractivity contribution in [2.45, 2.75) is 6.54 Å². The molecule has 0 saturated heterocycles. The van der Waals surface area contributed by atoms with Crippen LogP contribution in [-0.4, -0.2) is 29.7 Å². The van der Waals surface area contributed by atoms with E-state index in [0.717, 1.165) is 0 Å². The molecule has 0 radical (unpaired) electrons. The third-order valence-electron chi connectivity index (χ3n) is 5.00. The molecule has 8 heteroatoms. The molecule has 0 spiro atoms. The number of aromatic nitrogens is 2. The van der Waals surface area contributed by atoms with Crippen LogP contribution >= 0.6 is 0 Å². The minimum absolute atomic E-state index is 0.0579. The van der Waals surface area contributed by atoms with Crippen molar-refractivity contribution in [2.24, 2.45) is 0 Å². The fourth-order valence-corrected chi connectivity index (χ4v) is 3.39. The minimum atomic E-state index is -0.597. The first-order valence-electron chi connectivity index (χ1n) is 9.76. The van der Waals surface area contributed by atoms with Crippen LogP contribution in [0.15, 0.2) is 71.7 Å². The van der Waals surface area contributed by atoms with Gasteiger partial charge in [-0.1, -0.05) is 12.1 Å². The maximum atomic E-state index is 13.3. The Hall–Kier alpha value is -4.20. The van der Waals surface area contributed by atoms with E-state index in [2.05, 4.69) is 10.3 Å². The standard InChI is InChI=1S/C24H20FN3O4/c1-31-18-9-10-21(32-2)20(13-18)27-23(29)19-12-16-4-3-11-26-22(16)28(24(19)30)14-15-5-7-17(25)8-6-15/h3-13H,14H2,1-2H3,(H,27,29). The number of pyridine rings is 2. The van der Waals surface area contributed by atoms with E-state index in [1.54, 1.807) is 48.7 Å². The smallest absolute Gasteiger partial charge is 0.265 e. The van der Waals surface area contributed by atoms with Crippen LogP contribution in [0.3, 0.4) is 0 Å². The Labute approximate surface area is 183 Å². The van der Waals surface area contributed by atoms with Gasteiger partial charge >= 0.3 is 0 Å². The molecule has 2 aromatic carbocycles. The first kappa shape index (κ1) is 21.0. The molecule has 0 aliphatic carbocycles. The fourth-order valence-electron chi connectivity index (χ4n) is 3.39. The number of carbonyl (C=O) groups is 1. The SMILES string of the molecule is COc1ccc(OC)c(NC(=O)c2cc3cccnc3n(Cc3ccc(F)cc3)c2=O)c1. The van der Waals surface area contributed by atoms with Gasteiger partial charge < -0.3 is 14.8 Å². The van der Waals surface area contributed by atoms with Gasteiger partial charge in [0.2, 0.25) is 0 Å². The molecule has 32 heavy (non-hydrogen) atoms. The van der Waals surface area contributed by atoms with Crippen molar-refractivity contribution in [3.63, 3.8) is 0 Å². The Balaban J connectivity index is 1.78. The second-order valence-electron chi connectivity index (χ2n) is 7.01. The van der Waals surface area contributed by atoms with E-state index in [1.807, 2.05) is 0 Å². The van der Waals surface area contributed by atoms with Gasteiger partial charge in [-0.15, -0.1) is 0 Å². The Morgan fingerprint density at radius 3 is 2.56 bits per heavy atom. The summed E-state index contributed by atoms with van der Waals surface area (Å²) in [5.74, 6) is -0.0182. The summed E-state index contributed by atoms with van der Waals surface area (Å²) in [6.07, 6.45) is 1.57. The van der Waals surface area contributed by atoms with Gasteiger partial charge in [-0.05, 0) is 48.0 Å². The van der Waals surface area contributed by atoms with E-state index in [-0.39, 0.29) is 17.9 Å². The number of ether oxygens (including phenoxy) is 2. The van der Waals surface area contributed by atoms with Crippen LogP contribution in [0.25, 0.3) is 11.0 Å². The minimum Gasteiger partial charge on any atom is -0.497 e. The van der Waals surface area contributed by atoms with E-state index in [9.17, 15) is 14.0 Å². The van der Waals surface area contributed by atoms with Crippen LogP contribution in [0.1, 0.15) is 15.9 Å². The van der Waals surface area contributed by atoms with Crippen molar-refractivity contribution in [1.29, 1.82) is 0 Å². The molecule has 0 aliphatic rings. The lowest BCUT2D eigenvalue weighted by Crippen LogP contribution is -2.30. The second-order valence-corrected chi connectivity index (χ2v) is 7.01. The first-order chi connectivity index (χ1) is 15.5. The Morgan fingerprint density at radius 1 is 1.06 bits per heavy atom. The number of halogens is 1. The van der Waals surface area contributed by atoms with Gasteiger partial charge in [0.25, 0.3) is 11.5 Å². The number of benzene rings is 2. The number of hydrogen-bond acceptors (Lipinski definition) is 5. The Kier molecular flexibility index (Phi) is 5.85. The first-order valence-corrected chi connectivity index (χ1v) is 9.76. The van der Waals surface area contributed by atoms with Gasteiger partial charge in [-0.25, -0.2) is 9.37 Å². The lowest BCUT2D eigenvalue weighted by atomic mass is 10.1. The van der Waals surface area contributed by atoms with Crippen LogP contribution in [0.4, 0.5) is 10.1 Å². The second kappa shape index (κ2) is 8.89. The van der Waals surface area contributed by atoms with E-state index in [0.29, 0.717) is 33.8 Å². The summed E-state index contributed by atoms with van der Waals surface area (Å²) >= 11 is 0. The topological polar surface area (TPSA) is 82.4 Å². The number of nitrogens with zero attached hydrogens (tertiary/aromatic N) is 2. The average molecular weight is 433 g/mol. The number of nitrogens with one attached hydrogen (secondary N) is 1. The van der Waals surface area contributed by atoms with Crippen LogP contribution in [0.2, 0.25) is 0 Å². The predicted octanol–water partition coefficient (Wildman–Crippen LogP) is 3.85. The predicted molar refractivity (Wildman–Crippen MR) is 119 cm³/mol. The monoisotopic (exact) mass is 433 g/mol. The van der Waals surface area contributed by atoms with Crippen molar-refractivity contribution in [3.8, 4) is 11.5 Å². The number of amides is 1. The van der Waals surface area contributed by atoms with Crippen molar-refractivity contribution in [3.05, 3.63) is 94.2 Å². The highest BCUT2D eigenvalue weighted by molar-refractivity contribution is 6.06. The van der Waals surface area contributed by atoms with E-state index in [4.69, 9.17) is 9.47 Å². The molecule has 0 unspecified atom stereocenters. The normalized spacial score (nSPS) is 10.7. The zero-order valence-corrected chi connectivity index (χ0v) is 17.5. The summed E-state index contributed by atoms with van der Waals surface area (Å²) in [6, 6.07) is 15.8. The largest absolute Gasteiger partial charge is 0.497 e. The number of hydrogen-bond donors (Lipinski definition) is 1. The number of carbonyl (C=O) groups excluding carboxylic acids is 1. The molecule has 162 valence electrons. The van der Waals surface area contributed by atoms with E-state index in [1.165, 1.54) is 37.0 Å². The van der Waals surface area contributed by atoms with E-state index >= 15 is 0 Å². The summed E-state index contributed by atoms with van der Waals surface area (Å²) in [6.45, 7) is 0.135. The van der Waals surface area contributed by atoms with Crippen LogP contribution in [0.5, 0.6) is 11.5 Å². The highest BCUT2D eigenvalue weighted by Crippen LogP contribution is 2.29. The molecule has 2 aromatic heterocycles. The molecule has 2 heterocycles. The van der Waals surface area contributed by atoms with Crippen molar-refractivity contribution < 1.29 is 18.7 Å². The summed E-state index contributed by atoms with van der Waals surface area (Å²) in [7, 11) is 2.99. The quantitative estimate of drug-likeness (QED) is 0.499. The zero-order valence-electron chi connectivity index (χ0n) is 17.5. The highest BCUT2D eigenvalue weighted by atomic mass is 19.1. The molecule has 7 nitrogen and oxygen atoms in total. The number of methoxy groups -OCH3 is 2. The number of rotatable bonds is 6. The summed E-state index contributed by atoms with van der Waals surface area (Å²) in [5.41, 5.74) is 0.926. The summed E-state index contributed by atoms with van der Waals surface area (Å²) in [4.78, 5) is 30.7. The fraction of sp³-hybridized carbons (Fsp3) is 0.125. The molecular formula is C24H20FN3O4. The Morgan fingerprint density at radius 2 is 1.84 bits per heavy atom. The average Bonchev–Trinajstić information content (AvgIpc) is 2.81. The molecule has 0 aliphatic heterocycles. The molecule has 1 N–H and O–H groups in total. The Bertz CT molecular complexity index is 1350. The van der Waals surface area contributed by atoms with Gasteiger partial charge in [-0.2, -0.15) is 0 Å². The third kappa shape index (κ3) is 4.15. The molecule has 0 atom stereocenters. The van der Waals surface area contributed by atoms with Gasteiger partial charge in [0.05, 0.1) is 26.5 Å². The van der Waals surface area contributed by atoms with Gasteiger partial charge in [0, 0.05) is 17.6 Å². The summed E-state index contributed by atoms with van der Waals surface area (Å²) < 4.78 is 25.2. The molecule has 0 saturated carbocycles. The van der Waals surface area contributed by atoms with Gasteiger partial charge in [0.15, 0.2) is 0 Å². The lowest BCUT2D eigenvalue weighted by molar-refractivity contribution is 0.102. The number of fused-ring (bicyclic) bond motifs is 1. The summed E-state index contributed by atoms with van der Waals surface area (Å²) in [5, 5.41) is 3.35. The lowest BCUT2D eigenvalue weighted by Gasteiger charge is -2.14. The maximum absolute atomic E-state index is 13.3. The molecule has 0 bridgehead atoms. The van der Waals surface area contributed by atoms with Gasteiger partial charge in [0.1, 0.15) is 28.5 Å². The molecule has 4 rings (SSSR count). The molecule has 4 aromatic rings. The highest BCUT2D eigenvalue weighted by Gasteiger charge is 2.18. The maximum Gasteiger partial charge on any atom is 0.265 e. The van der Waals surface area contributed by atoms with Crippen molar-refractivity contribution >= 4 is 22.6 Å². The van der Waals surface area contributed by atoms with E-state index < -0.39 is 11.5 Å². The van der Waals surface area contributed by atoms with Gasteiger partial charge in [-0.3, -0.25) is 14.2 Å². The van der Waals surface area contributed by atoms with Crippen molar-refractivity contribution in [1.82, 2.24) is 9.55 Å². The zero-order chi connectivity index (χ0) is 22.7. The van der Waals surface area contributed by atoms with Crippen LogP contribution in [0, 0.1) is 5.82 Å².